The Kier molecular flexibility index (Phi) is 4.30. The molecule has 1 heterocycles. The summed E-state index contributed by atoms with van der Waals surface area (Å²) in [5.41, 5.74) is 2.86. The number of carbonyl (C=O) groups is 1. The number of furan rings is 1. The van der Waals surface area contributed by atoms with Gasteiger partial charge in [0.25, 0.3) is 0 Å². The third kappa shape index (κ3) is 3.07. The first-order valence-corrected chi connectivity index (χ1v) is 6.52. The van der Waals surface area contributed by atoms with Gasteiger partial charge in [0.1, 0.15) is 0 Å². The Balaban J connectivity index is 2.04. The molecule has 94 valence electrons. The maximum Gasteiger partial charge on any atom is 0.301 e. The molecule has 4 nitrogen and oxygen atoms in total. The predicted octanol–water partition coefficient (Wildman–Crippen LogP) is 2.83. The van der Waals surface area contributed by atoms with Crippen LogP contribution in [0.1, 0.15) is 16.1 Å². The Morgan fingerprint density at radius 1 is 1.33 bits per heavy atom. The first kappa shape index (κ1) is 13.0. The molecule has 0 spiro atoms. The Morgan fingerprint density at radius 2 is 2.06 bits per heavy atom. The fraction of sp³-hybridized carbons (Fsp3) is 0.0833. The molecule has 0 saturated heterocycles. The van der Waals surface area contributed by atoms with Gasteiger partial charge in [-0.2, -0.15) is 0 Å². The van der Waals surface area contributed by atoms with Gasteiger partial charge in [-0.05, 0) is 30.3 Å². The van der Waals surface area contributed by atoms with Crippen molar-refractivity contribution in [2.75, 3.05) is 0 Å². The third-order valence-corrected chi connectivity index (χ3v) is 3.60. The topological polar surface area (TPSA) is 68.3 Å². The van der Waals surface area contributed by atoms with Crippen LogP contribution in [0.5, 0.6) is 0 Å². The zero-order chi connectivity index (χ0) is 13.0. The average molecular weight is 283 g/mol. The summed E-state index contributed by atoms with van der Waals surface area (Å²) < 4.78 is 5.10. The van der Waals surface area contributed by atoms with Gasteiger partial charge in [0, 0.05) is 21.2 Å². The van der Waals surface area contributed by atoms with Crippen LogP contribution in [0.25, 0.3) is 0 Å². The molecular weight excluding hydrogens is 272 g/mol. The van der Waals surface area contributed by atoms with Gasteiger partial charge in [-0.1, -0.05) is 11.6 Å². The van der Waals surface area contributed by atoms with E-state index in [4.69, 9.17) is 21.9 Å². The molecule has 0 aliphatic heterocycles. The lowest BCUT2D eigenvalue weighted by Gasteiger charge is -2.02. The lowest BCUT2D eigenvalue weighted by molar-refractivity contribution is 0.0925. The maximum atomic E-state index is 11.4. The van der Waals surface area contributed by atoms with E-state index in [2.05, 4.69) is 5.43 Å². The molecule has 0 unspecified atom stereocenters. The van der Waals surface area contributed by atoms with Crippen LogP contribution in [-0.2, 0) is 5.75 Å². The number of carbonyl (C=O) groups excluding carboxylic acids is 1. The van der Waals surface area contributed by atoms with E-state index in [-0.39, 0.29) is 5.76 Å². The van der Waals surface area contributed by atoms with Crippen LogP contribution in [0.3, 0.4) is 0 Å². The van der Waals surface area contributed by atoms with Gasteiger partial charge in [0.15, 0.2) is 5.76 Å². The van der Waals surface area contributed by atoms with Crippen LogP contribution in [0.4, 0.5) is 0 Å². The molecule has 0 radical (unpaired) electrons. The molecule has 2 aromatic rings. The number of amides is 1. The average Bonchev–Trinajstić information content (AvgIpc) is 2.85. The number of nitrogens with one attached hydrogen (secondary N) is 1. The fourth-order valence-electron chi connectivity index (χ4n) is 1.41. The molecule has 0 bridgehead atoms. The minimum absolute atomic E-state index is 0.249. The monoisotopic (exact) mass is 282 g/mol. The van der Waals surface area contributed by atoms with E-state index in [1.165, 1.54) is 6.26 Å². The van der Waals surface area contributed by atoms with Crippen molar-refractivity contribution in [1.29, 1.82) is 0 Å². The zero-order valence-corrected chi connectivity index (χ0v) is 10.9. The van der Waals surface area contributed by atoms with Crippen molar-refractivity contribution in [2.45, 2.75) is 10.6 Å². The van der Waals surface area contributed by atoms with E-state index in [9.17, 15) is 4.79 Å². The minimum Gasteiger partial charge on any atom is -0.459 e. The summed E-state index contributed by atoms with van der Waals surface area (Å²) in [6.45, 7) is 0. The normalized spacial score (nSPS) is 10.3. The van der Waals surface area contributed by atoms with Crippen LogP contribution in [0.15, 0.2) is 45.9 Å². The summed E-state index contributed by atoms with van der Waals surface area (Å²) in [5.74, 6) is 5.53. The Morgan fingerprint density at radius 3 is 2.72 bits per heavy atom. The zero-order valence-electron chi connectivity index (χ0n) is 9.35. The third-order valence-electron chi connectivity index (χ3n) is 2.29. The summed E-state index contributed by atoms with van der Waals surface area (Å²) in [7, 11) is 0. The molecule has 0 aliphatic rings. The number of hydrogen-bond acceptors (Lipinski definition) is 4. The van der Waals surface area contributed by atoms with Crippen molar-refractivity contribution in [3.8, 4) is 0 Å². The van der Waals surface area contributed by atoms with Gasteiger partial charge in [-0.15, -0.1) is 11.8 Å². The molecular formula is C12H11ClN2O2S. The molecule has 2 rings (SSSR count). The highest BCUT2D eigenvalue weighted by molar-refractivity contribution is 7.98. The van der Waals surface area contributed by atoms with Crippen LogP contribution < -0.4 is 11.3 Å². The number of benzene rings is 1. The van der Waals surface area contributed by atoms with Crippen molar-refractivity contribution in [3.63, 3.8) is 0 Å². The number of halogens is 1. The molecule has 0 saturated carbocycles. The highest BCUT2D eigenvalue weighted by atomic mass is 35.5. The van der Waals surface area contributed by atoms with Gasteiger partial charge in [-0.25, -0.2) is 5.84 Å². The SMILES string of the molecule is NNC(=O)c1occc1CSc1ccc(Cl)cc1. The van der Waals surface area contributed by atoms with E-state index >= 15 is 0 Å². The van der Waals surface area contributed by atoms with Crippen molar-refractivity contribution in [2.24, 2.45) is 5.84 Å². The first-order valence-electron chi connectivity index (χ1n) is 5.16. The number of nitrogen functional groups attached to an aromatic ring is 1. The standard InChI is InChI=1S/C12H11ClN2O2S/c13-9-1-3-10(4-2-9)18-7-8-5-6-17-11(8)12(16)15-14/h1-6H,7,14H2,(H,15,16). The molecule has 1 amide bonds. The summed E-state index contributed by atoms with van der Waals surface area (Å²) in [4.78, 5) is 12.5. The van der Waals surface area contributed by atoms with E-state index in [0.717, 1.165) is 10.5 Å². The second kappa shape index (κ2) is 5.95. The van der Waals surface area contributed by atoms with Gasteiger partial charge < -0.3 is 4.42 Å². The van der Waals surface area contributed by atoms with Gasteiger partial charge in [0.2, 0.25) is 0 Å². The quantitative estimate of drug-likeness (QED) is 0.392. The number of thioether (sulfide) groups is 1. The van der Waals surface area contributed by atoms with Crippen molar-refractivity contribution in [3.05, 3.63) is 52.9 Å². The number of rotatable bonds is 4. The smallest absolute Gasteiger partial charge is 0.301 e. The van der Waals surface area contributed by atoms with Crippen LogP contribution in [0, 0.1) is 0 Å². The van der Waals surface area contributed by atoms with Crippen molar-refractivity contribution < 1.29 is 9.21 Å². The highest BCUT2D eigenvalue weighted by Gasteiger charge is 2.14. The molecule has 1 aromatic carbocycles. The summed E-state index contributed by atoms with van der Waals surface area (Å²) in [6.07, 6.45) is 1.47. The summed E-state index contributed by atoms with van der Waals surface area (Å²) in [5, 5.41) is 0.700. The van der Waals surface area contributed by atoms with E-state index in [1.807, 2.05) is 24.3 Å². The Bertz CT molecular complexity index is 539. The fourth-order valence-corrected chi connectivity index (χ4v) is 2.41. The molecule has 0 aliphatic carbocycles. The molecule has 6 heteroatoms. The molecule has 18 heavy (non-hydrogen) atoms. The van der Waals surface area contributed by atoms with Crippen LogP contribution in [-0.4, -0.2) is 5.91 Å². The largest absolute Gasteiger partial charge is 0.459 e. The van der Waals surface area contributed by atoms with Gasteiger partial charge in [0.05, 0.1) is 6.26 Å². The molecule has 1 aromatic heterocycles. The van der Waals surface area contributed by atoms with Crippen LogP contribution in [0.2, 0.25) is 5.02 Å². The Labute approximate surface area is 113 Å². The van der Waals surface area contributed by atoms with Gasteiger partial charge >= 0.3 is 5.91 Å². The van der Waals surface area contributed by atoms with E-state index < -0.39 is 5.91 Å². The number of nitrogens with two attached hydrogens (primary N) is 1. The second-order valence-electron chi connectivity index (χ2n) is 3.49. The molecule has 0 atom stereocenters. The lowest BCUT2D eigenvalue weighted by Crippen LogP contribution is -2.30. The van der Waals surface area contributed by atoms with Gasteiger partial charge in [-0.3, -0.25) is 10.2 Å². The molecule has 3 N–H and O–H groups in total. The number of hydrogen-bond donors (Lipinski definition) is 2. The number of hydrazine groups is 1. The first-order chi connectivity index (χ1) is 8.70. The van der Waals surface area contributed by atoms with E-state index in [0.29, 0.717) is 10.8 Å². The summed E-state index contributed by atoms with van der Waals surface area (Å²) >= 11 is 7.40. The summed E-state index contributed by atoms with van der Waals surface area (Å²) in [6, 6.07) is 9.26. The molecule has 0 fully saturated rings. The second-order valence-corrected chi connectivity index (χ2v) is 4.98. The van der Waals surface area contributed by atoms with Crippen molar-refractivity contribution in [1.82, 2.24) is 5.43 Å². The van der Waals surface area contributed by atoms with Crippen LogP contribution >= 0.6 is 23.4 Å². The predicted molar refractivity (Wildman–Crippen MR) is 71.4 cm³/mol. The highest BCUT2D eigenvalue weighted by Crippen LogP contribution is 2.26. The Hall–Kier alpha value is -1.43. The maximum absolute atomic E-state index is 11.4. The van der Waals surface area contributed by atoms with E-state index in [1.54, 1.807) is 17.8 Å². The lowest BCUT2D eigenvalue weighted by atomic mass is 10.3. The minimum atomic E-state index is -0.424. The van der Waals surface area contributed by atoms with Crippen molar-refractivity contribution >= 4 is 29.3 Å².